The Hall–Kier alpha value is -2.08. The number of carbonyl (C=O) groups excluding carboxylic acids is 2. The summed E-state index contributed by atoms with van der Waals surface area (Å²) in [5.74, 6) is -0.287. The number of amides is 1. The van der Waals surface area contributed by atoms with Gasteiger partial charge in [0, 0.05) is 18.8 Å². The van der Waals surface area contributed by atoms with E-state index in [0.717, 1.165) is 31.4 Å². The van der Waals surface area contributed by atoms with Gasteiger partial charge in [0.05, 0.1) is 40.8 Å². The number of carboxylic acid groups (broad SMARTS) is 1. The van der Waals surface area contributed by atoms with Crippen LogP contribution < -0.4 is 15.2 Å². The minimum Gasteiger partial charge on any atom is -0.550 e. The third-order valence-electron chi connectivity index (χ3n) is 5.07. The summed E-state index contributed by atoms with van der Waals surface area (Å²) in [4.78, 5) is 23.0. The smallest absolute Gasteiger partial charge is 0.220 e. The Morgan fingerprint density at radius 1 is 0.967 bits per heavy atom. The van der Waals surface area contributed by atoms with Gasteiger partial charge in [0.15, 0.2) is 0 Å². The van der Waals surface area contributed by atoms with Crippen molar-refractivity contribution in [1.82, 2.24) is 5.32 Å². The third kappa shape index (κ3) is 13.2. The molecule has 0 saturated carbocycles. The van der Waals surface area contributed by atoms with E-state index in [4.69, 9.17) is 4.74 Å². The molecule has 1 unspecified atom stereocenters. The summed E-state index contributed by atoms with van der Waals surface area (Å²) in [7, 11) is 7.62. The quantitative estimate of drug-likeness (QED) is 0.329. The van der Waals surface area contributed by atoms with Crippen molar-refractivity contribution in [3.05, 3.63) is 29.8 Å². The maximum absolute atomic E-state index is 12.1. The number of unbranched alkanes of at least 4 members (excludes halogenated alkanes) is 6. The molecule has 1 N–H and O–H groups in total. The number of carbonyl (C=O) groups is 2. The van der Waals surface area contributed by atoms with E-state index in [2.05, 4.69) is 17.4 Å². The molecule has 1 amide bonds. The van der Waals surface area contributed by atoms with E-state index >= 15 is 0 Å². The second-order valence-corrected chi connectivity index (χ2v) is 9.14. The van der Waals surface area contributed by atoms with Gasteiger partial charge in [-0.3, -0.25) is 4.79 Å². The Morgan fingerprint density at radius 3 is 2.07 bits per heavy atom. The second kappa shape index (κ2) is 14.0. The van der Waals surface area contributed by atoms with Crippen molar-refractivity contribution in [2.24, 2.45) is 0 Å². The van der Waals surface area contributed by atoms with Crippen LogP contribution in [0.25, 0.3) is 0 Å². The van der Waals surface area contributed by atoms with Crippen LogP contribution in [-0.4, -0.2) is 57.2 Å². The molecule has 0 heterocycles. The van der Waals surface area contributed by atoms with Gasteiger partial charge in [0.25, 0.3) is 0 Å². The van der Waals surface area contributed by atoms with E-state index in [1.165, 1.54) is 31.2 Å². The van der Waals surface area contributed by atoms with Crippen LogP contribution in [0, 0.1) is 0 Å². The van der Waals surface area contributed by atoms with E-state index in [0.29, 0.717) is 17.4 Å². The fraction of sp³-hybridized carbons (Fsp3) is 0.667. The Morgan fingerprint density at radius 2 is 1.53 bits per heavy atom. The highest BCUT2D eigenvalue weighted by Crippen LogP contribution is 2.15. The molecule has 0 bridgehead atoms. The minimum atomic E-state index is -1.12. The highest BCUT2D eigenvalue weighted by Gasteiger charge is 2.20. The van der Waals surface area contributed by atoms with Crippen molar-refractivity contribution in [2.75, 3.05) is 34.8 Å². The fourth-order valence-corrected chi connectivity index (χ4v) is 3.61. The molecular weight excluding hydrogens is 380 g/mol. The molecule has 0 radical (unpaired) electrons. The van der Waals surface area contributed by atoms with Crippen molar-refractivity contribution in [1.29, 1.82) is 0 Å². The third-order valence-corrected chi connectivity index (χ3v) is 5.07. The molecule has 0 fully saturated rings. The van der Waals surface area contributed by atoms with Crippen LogP contribution in [0.1, 0.15) is 63.4 Å². The van der Waals surface area contributed by atoms with Gasteiger partial charge in [-0.05, 0) is 37.0 Å². The minimum absolute atomic E-state index is 0.0609. The number of hydrogen-bond acceptors (Lipinski definition) is 4. The first-order chi connectivity index (χ1) is 14.2. The number of aliphatic carboxylic acids is 1. The molecule has 1 aromatic rings. The number of nitrogens with zero attached hydrogens (tertiary/aromatic N) is 1. The van der Waals surface area contributed by atoms with Crippen molar-refractivity contribution in [3.63, 3.8) is 0 Å². The summed E-state index contributed by atoms with van der Waals surface area (Å²) in [5, 5.41) is 13.8. The van der Waals surface area contributed by atoms with Crippen molar-refractivity contribution in [3.8, 4) is 5.75 Å². The van der Waals surface area contributed by atoms with Gasteiger partial charge < -0.3 is 24.4 Å². The summed E-state index contributed by atoms with van der Waals surface area (Å²) in [6.45, 7) is 0.566. The van der Waals surface area contributed by atoms with Crippen LogP contribution >= 0.6 is 0 Å². The van der Waals surface area contributed by atoms with Crippen LogP contribution in [0.3, 0.4) is 0 Å². The highest BCUT2D eigenvalue weighted by atomic mass is 16.5. The van der Waals surface area contributed by atoms with Crippen LogP contribution in [0.2, 0.25) is 0 Å². The van der Waals surface area contributed by atoms with Crippen molar-refractivity contribution < 1.29 is 23.9 Å². The lowest BCUT2D eigenvalue weighted by molar-refractivity contribution is -0.871. The number of ether oxygens (including phenoxy) is 1. The number of methoxy groups -OCH3 is 1. The number of likely N-dealkylation sites (N-methyl/N-ethyl adjacent to an activating group) is 1. The van der Waals surface area contributed by atoms with Gasteiger partial charge in [-0.1, -0.05) is 44.2 Å². The maximum Gasteiger partial charge on any atom is 0.220 e. The number of carboxylic acids is 1. The summed E-state index contributed by atoms with van der Waals surface area (Å²) in [6, 6.07) is 7.89. The highest BCUT2D eigenvalue weighted by molar-refractivity contribution is 5.77. The second-order valence-electron chi connectivity index (χ2n) is 9.14. The van der Waals surface area contributed by atoms with Crippen LogP contribution in [0.15, 0.2) is 24.3 Å². The molecule has 0 aliphatic rings. The predicted molar refractivity (Wildman–Crippen MR) is 118 cm³/mol. The lowest BCUT2D eigenvalue weighted by Crippen LogP contribution is -2.50. The zero-order valence-electron chi connectivity index (χ0n) is 19.2. The number of benzene rings is 1. The number of quaternary nitrogens is 1. The van der Waals surface area contributed by atoms with Gasteiger partial charge >= 0.3 is 0 Å². The molecule has 0 aromatic heterocycles. The average Bonchev–Trinajstić information content (AvgIpc) is 2.65. The van der Waals surface area contributed by atoms with Crippen LogP contribution in [0.4, 0.5) is 0 Å². The molecule has 0 aliphatic carbocycles. The Labute approximate surface area is 182 Å². The SMILES string of the molecule is COc1ccc(CCCCCCCCCC(=O)NC(CC(=O)[O-])C[N+](C)(C)C)cc1. The first-order valence-electron chi connectivity index (χ1n) is 11.1. The van der Waals surface area contributed by atoms with Gasteiger partial charge in [-0.25, -0.2) is 0 Å². The Kier molecular flexibility index (Phi) is 12.1. The first kappa shape index (κ1) is 26.0. The van der Waals surface area contributed by atoms with Crippen molar-refractivity contribution in [2.45, 2.75) is 70.3 Å². The fourth-order valence-electron chi connectivity index (χ4n) is 3.61. The lowest BCUT2D eigenvalue weighted by Gasteiger charge is -2.30. The molecule has 1 aromatic carbocycles. The molecule has 1 atom stereocenters. The van der Waals surface area contributed by atoms with E-state index in [9.17, 15) is 14.7 Å². The van der Waals surface area contributed by atoms with Crippen LogP contribution in [-0.2, 0) is 16.0 Å². The maximum atomic E-state index is 12.1. The zero-order valence-corrected chi connectivity index (χ0v) is 19.2. The van der Waals surface area contributed by atoms with Gasteiger partial charge in [0.2, 0.25) is 5.91 Å². The molecular formula is C24H40N2O4. The van der Waals surface area contributed by atoms with E-state index < -0.39 is 5.97 Å². The summed E-state index contributed by atoms with van der Waals surface area (Å²) >= 11 is 0. The number of hydrogen-bond donors (Lipinski definition) is 1. The lowest BCUT2D eigenvalue weighted by atomic mass is 10.0. The van der Waals surface area contributed by atoms with Crippen molar-refractivity contribution >= 4 is 11.9 Å². The molecule has 0 aliphatic heterocycles. The number of nitrogens with one attached hydrogen (secondary N) is 1. The van der Waals surface area contributed by atoms with Gasteiger partial charge in [-0.2, -0.15) is 0 Å². The number of aryl methyl sites for hydroxylation is 1. The molecule has 0 saturated heterocycles. The van der Waals surface area contributed by atoms with E-state index in [1.807, 2.05) is 33.3 Å². The Bertz CT molecular complexity index is 623. The molecule has 30 heavy (non-hydrogen) atoms. The van der Waals surface area contributed by atoms with E-state index in [1.54, 1.807) is 7.11 Å². The Balaban J connectivity index is 2.07. The molecule has 170 valence electrons. The first-order valence-corrected chi connectivity index (χ1v) is 11.1. The standard InChI is InChI=1S/C24H40N2O4/c1-26(2,3)19-21(18-24(28)29)25-23(27)13-11-9-7-5-6-8-10-12-20-14-16-22(30-4)17-15-20/h14-17,21H,5-13,18-19H2,1-4H3,(H-,25,27,28,29). The van der Waals surface area contributed by atoms with Crippen LogP contribution in [0.5, 0.6) is 5.75 Å². The summed E-state index contributed by atoms with van der Waals surface area (Å²) < 4.78 is 5.77. The predicted octanol–water partition coefficient (Wildman–Crippen LogP) is 2.69. The molecule has 6 heteroatoms. The zero-order chi connectivity index (χ0) is 22.4. The van der Waals surface area contributed by atoms with E-state index in [-0.39, 0.29) is 18.4 Å². The van der Waals surface area contributed by atoms with Gasteiger partial charge in [0.1, 0.15) is 5.75 Å². The average molecular weight is 421 g/mol. The molecule has 0 spiro atoms. The summed E-state index contributed by atoms with van der Waals surface area (Å²) in [6.07, 6.45) is 9.27. The summed E-state index contributed by atoms with van der Waals surface area (Å²) in [5.41, 5.74) is 1.35. The normalized spacial score (nSPS) is 12.4. The topological polar surface area (TPSA) is 78.5 Å². The molecule has 6 nitrogen and oxygen atoms in total. The monoisotopic (exact) mass is 420 g/mol. The number of rotatable bonds is 16. The largest absolute Gasteiger partial charge is 0.550 e. The van der Waals surface area contributed by atoms with Gasteiger partial charge in [-0.15, -0.1) is 0 Å². The molecule has 1 rings (SSSR count).